The van der Waals surface area contributed by atoms with Gasteiger partial charge in [-0.1, -0.05) is 6.92 Å². The molecule has 1 nitrogen and oxygen atoms in total. The molecule has 0 aliphatic carbocycles. The van der Waals surface area contributed by atoms with Crippen LogP contribution in [0, 0.1) is 0 Å². The Bertz CT molecular complexity index is 13.5. The smallest absolute Gasteiger partial charge is 1.00 e. The van der Waals surface area contributed by atoms with Crippen LogP contribution in [0.15, 0.2) is 0 Å². The van der Waals surface area contributed by atoms with E-state index in [0.29, 0.717) is 0 Å². The molecule has 0 saturated carbocycles. The van der Waals surface area contributed by atoms with Crippen molar-refractivity contribution in [3.8, 4) is 0 Å². The first kappa shape index (κ1) is 15.6. The molecule has 0 aliphatic rings. The van der Waals surface area contributed by atoms with Crippen molar-refractivity contribution in [2.24, 2.45) is 0 Å². The molecule has 0 unspecified atom stereocenters. The molecule has 0 atom stereocenters. The first-order chi connectivity index (χ1) is 1.41. The fraction of sp³-hybridized carbons (Fsp3) is 1.00. The zero-order valence-corrected chi connectivity index (χ0v) is 9.24. The van der Waals surface area contributed by atoms with Crippen LogP contribution >= 0.6 is 0 Å². The fourth-order valence-electron chi connectivity index (χ4n) is 0. The third-order valence-electron chi connectivity index (χ3n) is 0. The minimum Gasteiger partial charge on any atom is -1.00 e. The van der Waals surface area contributed by atoms with Crippen LogP contribution in [0.5, 0.6) is 0 Å². The van der Waals surface area contributed by atoms with Crippen molar-refractivity contribution in [3.63, 3.8) is 0 Å². The van der Waals surface area contributed by atoms with Gasteiger partial charge >= 0.3 is 80.9 Å². The van der Waals surface area contributed by atoms with Crippen LogP contribution < -0.4 is 86.0 Å². The molecule has 0 fully saturated rings. The summed E-state index contributed by atoms with van der Waals surface area (Å²) < 4.78 is 0. The Morgan fingerprint density at radius 1 is 1.80 bits per heavy atom. The van der Waals surface area contributed by atoms with Crippen molar-refractivity contribution in [3.05, 3.63) is 0 Å². The van der Waals surface area contributed by atoms with Crippen LogP contribution in [-0.2, 0) is 0 Å². The normalized spacial score (nSPS) is 3.60. The third kappa shape index (κ3) is 20.7. The minimum absolute atomic E-state index is 0. The Balaban J connectivity index is -0.00000000667. The molecular formula is C2H6KNaO. The Hall–Kier alpha value is 2.60. The van der Waals surface area contributed by atoms with Crippen LogP contribution in [0.25, 0.3) is 0 Å². The van der Waals surface area contributed by atoms with Crippen molar-refractivity contribution in [2.45, 2.75) is 6.92 Å². The van der Waals surface area contributed by atoms with E-state index < -0.39 is 0 Å². The maximum Gasteiger partial charge on any atom is 1.00 e. The number of hydrogen-bond donors (Lipinski definition) is 0. The minimum atomic E-state index is 0. The van der Waals surface area contributed by atoms with E-state index in [9.17, 15) is 0 Å². The molecule has 0 aromatic heterocycles. The average molecular weight is 108 g/mol. The van der Waals surface area contributed by atoms with Gasteiger partial charge in [0.2, 0.25) is 0 Å². The molecule has 0 heterocycles. The van der Waals surface area contributed by atoms with Crippen molar-refractivity contribution in [2.75, 3.05) is 6.61 Å². The molecule has 0 amide bonds. The zero-order chi connectivity index (χ0) is 2.71. The van der Waals surface area contributed by atoms with E-state index in [1.165, 1.54) is 0 Å². The summed E-state index contributed by atoms with van der Waals surface area (Å²) in [5.74, 6) is 0. The van der Waals surface area contributed by atoms with E-state index in [4.69, 9.17) is 5.11 Å². The molecule has 5 heavy (non-hydrogen) atoms. The summed E-state index contributed by atoms with van der Waals surface area (Å²) in [6.07, 6.45) is 0. The van der Waals surface area contributed by atoms with Gasteiger partial charge in [0.05, 0.1) is 0 Å². The van der Waals surface area contributed by atoms with Crippen LogP contribution in [0.4, 0.5) is 0 Å². The second kappa shape index (κ2) is 16.0. The summed E-state index contributed by atoms with van der Waals surface area (Å²) in [4.78, 5) is 0. The maximum atomic E-state index is 8.93. The van der Waals surface area contributed by atoms with Gasteiger partial charge in [0, 0.05) is 0 Å². The third-order valence-corrected chi connectivity index (χ3v) is 0. The second-order valence-electron chi connectivity index (χ2n) is 0.289. The van der Waals surface area contributed by atoms with E-state index in [0.717, 1.165) is 0 Å². The summed E-state index contributed by atoms with van der Waals surface area (Å²) in [5.41, 5.74) is 0. The summed E-state index contributed by atoms with van der Waals surface area (Å²) in [5, 5.41) is 8.93. The van der Waals surface area contributed by atoms with Gasteiger partial charge < -0.3 is 6.53 Å². The first-order valence-corrected chi connectivity index (χ1v) is 0.996. The van der Waals surface area contributed by atoms with Gasteiger partial charge in [-0.25, -0.2) is 0 Å². The van der Waals surface area contributed by atoms with Crippen molar-refractivity contribution in [1.82, 2.24) is 0 Å². The molecule has 3 heteroatoms. The topological polar surface area (TPSA) is 23.1 Å². The van der Waals surface area contributed by atoms with E-state index in [1.807, 2.05) is 0 Å². The molecule has 0 saturated heterocycles. The van der Waals surface area contributed by atoms with Gasteiger partial charge in [-0.15, -0.1) is 6.61 Å². The van der Waals surface area contributed by atoms with Crippen molar-refractivity contribution in [1.29, 1.82) is 0 Å². The van der Waals surface area contributed by atoms with Gasteiger partial charge in [-0.05, 0) is 0 Å². The zero-order valence-electron chi connectivity index (χ0n) is 5.12. The SMILES string of the molecule is CC[O-].[H-].[K+].[Na+]. The van der Waals surface area contributed by atoms with Crippen LogP contribution in [0.2, 0.25) is 0 Å². The molecule has 0 radical (unpaired) electrons. The molecular weight excluding hydrogens is 102 g/mol. The van der Waals surface area contributed by atoms with Crippen LogP contribution in [-0.4, -0.2) is 6.61 Å². The van der Waals surface area contributed by atoms with Crippen LogP contribution in [0.3, 0.4) is 0 Å². The molecule has 0 aromatic carbocycles. The average Bonchev–Trinajstić information content (AvgIpc) is 0.918. The number of rotatable bonds is 0. The molecule has 0 bridgehead atoms. The van der Waals surface area contributed by atoms with E-state index in [-0.39, 0.29) is 89.0 Å². The van der Waals surface area contributed by atoms with Crippen molar-refractivity contribution < 1.29 is 87.5 Å². The van der Waals surface area contributed by atoms with Crippen molar-refractivity contribution >= 4 is 0 Å². The molecule has 0 spiro atoms. The van der Waals surface area contributed by atoms with E-state index in [1.54, 1.807) is 6.92 Å². The molecule has 0 aliphatic heterocycles. The Morgan fingerprint density at radius 3 is 1.80 bits per heavy atom. The predicted octanol–water partition coefficient (Wildman–Crippen LogP) is -6.51. The van der Waals surface area contributed by atoms with E-state index in [2.05, 4.69) is 0 Å². The predicted molar refractivity (Wildman–Crippen MR) is 11.7 cm³/mol. The Labute approximate surface area is 98.7 Å². The summed E-state index contributed by atoms with van der Waals surface area (Å²) in [6.45, 7) is 1.57. The number of hydrogen-bond acceptors (Lipinski definition) is 1. The largest absolute Gasteiger partial charge is 1.00 e. The fourth-order valence-corrected chi connectivity index (χ4v) is 0. The first-order valence-electron chi connectivity index (χ1n) is 0.996. The van der Waals surface area contributed by atoms with E-state index >= 15 is 0 Å². The van der Waals surface area contributed by atoms with Gasteiger partial charge in [0.1, 0.15) is 0 Å². The molecule has 0 N–H and O–H groups in total. The summed E-state index contributed by atoms with van der Waals surface area (Å²) in [7, 11) is 0. The van der Waals surface area contributed by atoms with Crippen LogP contribution in [0.1, 0.15) is 8.35 Å². The van der Waals surface area contributed by atoms with Gasteiger partial charge in [-0.3, -0.25) is 0 Å². The Kier molecular flexibility index (Phi) is 50.0. The van der Waals surface area contributed by atoms with Gasteiger partial charge in [-0.2, -0.15) is 0 Å². The Morgan fingerprint density at radius 2 is 1.80 bits per heavy atom. The molecule has 0 aromatic rings. The maximum absolute atomic E-state index is 8.93. The van der Waals surface area contributed by atoms with Gasteiger partial charge in [0.15, 0.2) is 0 Å². The standard InChI is InChI=1S/C2H5O.K.Na.H/c1-2-3;;;/h2H2,1H3;;;/q-1;2*+1;-1. The quantitative estimate of drug-likeness (QED) is 0.283. The summed E-state index contributed by atoms with van der Waals surface area (Å²) in [6, 6.07) is 0. The second-order valence-corrected chi connectivity index (χ2v) is 0.289. The summed E-state index contributed by atoms with van der Waals surface area (Å²) >= 11 is 0. The monoisotopic (exact) mass is 108 g/mol. The van der Waals surface area contributed by atoms with Gasteiger partial charge in [0.25, 0.3) is 0 Å². The molecule has 22 valence electrons. The molecule has 0 rings (SSSR count).